The molecule has 0 saturated heterocycles. The Balaban J connectivity index is 2.15. The molecule has 0 spiro atoms. The number of ether oxygens (including phenoxy) is 3. The van der Waals surface area contributed by atoms with Crippen molar-refractivity contribution in [3.63, 3.8) is 0 Å². The fraction of sp³-hybridized carbons (Fsp3) is 0.438. The van der Waals surface area contributed by atoms with Crippen LogP contribution in [0.25, 0.3) is 0 Å². The van der Waals surface area contributed by atoms with Crippen molar-refractivity contribution in [3.05, 3.63) is 84.4 Å². The van der Waals surface area contributed by atoms with E-state index in [1.807, 2.05) is 60.7 Å². The molecule has 2 amide bonds. The van der Waals surface area contributed by atoms with Gasteiger partial charge in [0.05, 0.1) is 12.6 Å². The average Bonchev–Trinajstić information content (AvgIpc) is 2.95. The Morgan fingerprint density at radius 1 is 0.881 bits per heavy atom. The van der Waals surface area contributed by atoms with Gasteiger partial charge in [0, 0.05) is 0 Å². The minimum atomic E-state index is -1.57. The molecule has 0 radical (unpaired) electrons. The van der Waals surface area contributed by atoms with E-state index in [9.17, 15) is 19.2 Å². The van der Waals surface area contributed by atoms with E-state index in [0.717, 1.165) is 16.2 Å². The molecule has 2 aromatic rings. The van der Waals surface area contributed by atoms with Crippen molar-refractivity contribution in [1.82, 2.24) is 10.4 Å². The van der Waals surface area contributed by atoms with Gasteiger partial charge in [-0.15, -0.1) is 0 Å². The monoisotopic (exact) mass is 582 g/mol. The van der Waals surface area contributed by atoms with Crippen LogP contribution in [0.3, 0.4) is 0 Å². The minimum Gasteiger partial charge on any atom is -0.461 e. The van der Waals surface area contributed by atoms with Gasteiger partial charge in [0.15, 0.2) is 5.78 Å². The van der Waals surface area contributed by atoms with Crippen molar-refractivity contribution in [1.29, 1.82) is 0 Å². The molecule has 10 heteroatoms. The third-order valence-corrected chi connectivity index (χ3v) is 5.96. The fourth-order valence-electron chi connectivity index (χ4n) is 3.74. The summed E-state index contributed by atoms with van der Waals surface area (Å²) in [5, 5.41) is 3.68. The lowest BCUT2D eigenvalue weighted by Gasteiger charge is -2.29. The van der Waals surface area contributed by atoms with Gasteiger partial charge in [-0.2, -0.15) is 5.06 Å². The maximum absolute atomic E-state index is 13.5. The normalized spacial score (nSPS) is 12.0. The summed E-state index contributed by atoms with van der Waals surface area (Å²) < 4.78 is 15.9. The molecule has 0 fully saturated rings. The molecule has 10 nitrogen and oxygen atoms in total. The Labute approximate surface area is 247 Å². The number of ketones is 1. The van der Waals surface area contributed by atoms with E-state index in [0.29, 0.717) is 0 Å². The second-order valence-electron chi connectivity index (χ2n) is 11.1. The zero-order chi connectivity index (χ0) is 31.2. The molecule has 0 aliphatic carbocycles. The van der Waals surface area contributed by atoms with Crippen molar-refractivity contribution in [2.45, 2.75) is 72.3 Å². The molecule has 0 bridgehead atoms. The number of hydroxylamine groups is 2. The molecule has 0 heterocycles. The van der Waals surface area contributed by atoms with Gasteiger partial charge in [-0.25, -0.2) is 9.59 Å². The van der Waals surface area contributed by atoms with Crippen molar-refractivity contribution in [3.8, 4) is 0 Å². The van der Waals surface area contributed by atoms with E-state index in [1.165, 1.54) is 19.9 Å². The highest BCUT2D eigenvalue weighted by molar-refractivity contribution is 6.06. The van der Waals surface area contributed by atoms with Crippen LogP contribution in [-0.4, -0.2) is 53.8 Å². The van der Waals surface area contributed by atoms with Crippen LogP contribution in [-0.2, 0) is 41.9 Å². The number of hydrogen-bond acceptors (Lipinski definition) is 8. The first-order valence-electron chi connectivity index (χ1n) is 13.8. The summed E-state index contributed by atoms with van der Waals surface area (Å²) in [7, 11) is 0. The molecule has 0 aliphatic heterocycles. The number of nitrogens with zero attached hydrogens (tertiary/aromatic N) is 1. The molecule has 2 rings (SSSR count). The predicted octanol–water partition coefficient (Wildman–Crippen LogP) is 5.76. The number of amides is 2. The second-order valence-corrected chi connectivity index (χ2v) is 11.1. The summed E-state index contributed by atoms with van der Waals surface area (Å²) in [5.74, 6) is -1.31. The molecule has 228 valence electrons. The number of esters is 1. The van der Waals surface area contributed by atoms with Gasteiger partial charge in [0.25, 0.3) is 0 Å². The third kappa shape index (κ3) is 11.7. The van der Waals surface area contributed by atoms with E-state index in [-0.39, 0.29) is 39.2 Å². The number of rotatable bonds is 15. The summed E-state index contributed by atoms with van der Waals surface area (Å²) in [6.07, 6.45) is 0.184. The molecular weight excluding hydrogens is 540 g/mol. The van der Waals surface area contributed by atoms with Crippen LogP contribution in [0, 0.1) is 5.41 Å². The van der Waals surface area contributed by atoms with E-state index < -0.39 is 41.0 Å². The zero-order valence-electron chi connectivity index (χ0n) is 25.1. The third-order valence-electron chi connectivity index (χ3n) is 5.96. The quantitative estimate of drug-likeness (QED) is 0.0926. The lowest BCUT2D eigenvalue weighted by atomic mass is 9.83. The van der Waals surface area contributed by atoms with Gasteiger partial charge in [-0.3, -0.25) is 14.4 Å². The lowest BCUT2D eigenvalue weighted by Crippen LogP contribution is -2.50. The van der Waals surface area contributed by atoms with E-state index in [4.69, 9.17) is 19.0 Å². The van der Waals surface area contributed by atoms with Crippen LogP contribution in [0.1, 0.15) is 58.6 Å². The first kappa shape index (κ1) is 34.0. The SMILES string of the molecule is C=CCOC(=O)C(C)(C)C(=O)[C@H](CCCN(OCc1ccccc1)C(=O)OCc1ccccc1)NC(=O)OC(C)(C)C. The maximum Gasteiger partial charge on any atom is 0.434 e. The summed E-state index contributed by atoms with van der Waals surface area (Å²) in [4.78, 5) is 57.5. The highest BCUT2D eigenvalue weighted by atomic mass is 16.7. The molecule has 1 atom stereocenters. The van der Waals surface area contributed by atoms with Crippen LogP contribution in [0.15, 0.2) is 73.3 Å². The molecule has 0 saturated carbocycles. The maximum atomic E-state index is 13.5. The van der Waals surface area contributed by atoms with Crippen LogP contribution >= 0.6 is 0 Å². The number of alkyl carbamates (subject to hydrolysis) is 1. The first-order valence-corrected chi connectivity index (χ1v) is 13.8. The number of carbonyl (C=O) groups excluding carboxylic acids is 4. The Hall–Kier alpha value is -4.18. The molecule has 1 N–H and O–H groups in total. The minimum absolute atomic E-state index is 0.0432. The van der Waals surface area contributed by atoms with Gasteiger partial charge < -0.3 is 19.5 Å². The largest absolute Gasteiger partial charge is 0.461 e. The fourth-order valence-corrected chi connectivity index (χ4v) is 3.74. The van der Waals surface area contributed by atoms with Crippen LogP contribution < -0.4 is 5.32 Å². The van der Waals surface area contributed by atoms with E-state index in [1.54, 1.807) is 20.8 Å². The smallest absolute Gasteiger partial charge is 0.434 e. The van der Waals surface area contributed by atoms with Gasteiger partial charge >= 0.3 is 18.2 Å². The molecule has 0 aromatic heterocycles. The second kappa shape index (κ2) is 16.3. The Morgan fingerprint density at radius 3 is 2.00 bits per heavy atom. The highest BCUT2D eigenvalue weighted by Crippen LogP contribution is 2.23. The Morgan fingerprint density at radius 2 is 1.45 bits per heavy atom. The van der Waals surface area contributed by atoms with Crippen molar-refractivity contribution in [2.24, 2.45) is 5.41 Å². The highest BCUT2D eigenvalue weighted by Gasteiger charge is 2.42. The van der Waals surface area contributed by atoms with Crippen LogP contribution in [0.4, 0.5) is 9.59 Å². The molecule has 2 aromatic carbocycles. The summed E-state index contributed by atoms with van der Waals surface area (Å²) in [6.45, 7) is 11.6. The number of Topliss-reactive ketones (excluding diaryl/α,β-unsaturated/α-hetero) is 1. The predicted molar refractivity (Wildman–Crippen MR) is 157 cm³/mol. The number of carbonyl (C=O) groups is 4. The molecule has 42 heavy (non-hydrogen) atoms. The molecule has 0 aliphatic rings. The van der Waals surface area contributed by atoms with Crippen LogP contribution in [0.5, 0.6) is 0 Å². The van der Waals surface area contributed by atoms with E-state index >= 15 is 0 Å². The summed E-state index contributed by atoms with van der Waals surface area (Å²) in [5.41, 5.74) is -0.717. The Bertz CT molecular complexity index is 1180. The van der Waals surface area contributed by atoms with Crippen molar-refractivity contribution < 1.29 is 38.2 Å². The van der Waals surface area contributed by atoms with Crippen molar-refractivity contribution in [2.75, 3.05) is 13.2 Å². The van der Waals surface area contributed by atoms with Gasteiger partial charge in [0.2, 0.25) is 0 Å². The van der Waals surface area contributed by atoms with Gasteiger partial charge in [-0.1, -0.05) is 73.3 Å². The van der Waals surface area contributed by atoms with Crippen molar-refractivity contribution >= 4 is 23.9 Å². The Kier molecular flexibility index (Phi) is 13.2. The standard InChI is InChI=1S/C32H42N2O8/c1-7-21-39-28(36)32(5,6)27(35)26(33-29(37)42-31(2,3)4)19-14-20-34(41-23-25-17-12-9-13-18-25)30(38)40-22-24-15-10-8-11-16-24/h7-13,15-18,26H,1,14,19-23H2,2-6H3,(H,33,37)/t26-/m0/s1. The summed E-state index contributed by atoms with van der Waals surface area (Å²) in [6, 6.07) is 17.4. The molecular formula is C32H42N2O8. The lowest BCUT2D eigenvalue weighted by molar-refractivity contribution is -0.158. The topological polar surface area (TPSA) is 120 Å². The summed E-state index contributed by atoms with van der Waals surface area (Å²) >= 11 is 0. The van der Waals surface area contributed by atoms with Gasteiger partial charge in [0.1, 0.15) is 30.8 Å². The first-order chi connectivity index (χ1) is 19.8. The average molecular weight is 583 g/mol. The number of benzene rings is 2. The number of nitrogens with one attached hydrogen (secondary N) is 1. The van der Waals surface area contributed by atoms with Crippen LogP contribution in [0.2, 0.25) is 0 Å². The molecule has 0 unspecified atom stereocenters. The zero-order valence-corrected chi connectivity index (χ0v) is 25.1. The van der Waals surface area contributed by atoms with Gasteiger partial charge in [-0.05, 0) is 58.6 Å². The number of hydrogen-bond donors (Lipinski definition) is 1. The van der Waals surface area contributed by atoms with E-state index in [2.05, 4.69) is 11.9 Å².